The van der Waals surface area contributed by atoms with Gasteiger partial charge in [-0.2, -0.15) is 5.26 Å². The number of rotatable bonds is 1. The lowest BCUT2D eigenvalue weighted by Crippen LogP contribution is -2.27. The fraction of sp³-hybridized carbons (Fsp3) is 0.500. The van der Waals surface area contributed by atoms with Crippen LogP contribution in [0, 0.1) is 25.2 Å². The molecular weight excluding hydrogens is 196 g/mol. The summed E-state index contributed by atoms with van der Waals surface area (Å²) < 4.78 is 0. The van der Waals surface area contributed by atoms with Crippen molar-refractivity contribution >= 4 is 0 Å². The molecule has 0 saturated carbocycles. The van der Waals surface area contributed by atoms with Crippen LogP contribution in [-0.2, 0) is 0 Å². The molecule has 2 heteroatoms. The average Bonchev–Trinajstić information content (AvgIpc) is 2.30. The Balaban J connectivity index is 2.36. The molecule has 0 spiro atoms. The fourth-order valence-corrected chi connectivity index (χ4v) is 2.56. The summed E-state index contributed by atoms with van der Waals surface area (Å²) in [7, 11) is 0. The Hall–Kier alpha value is -1.33. The van der Waals surface area contributed by atoms with Crippen LogP contribution in [0.15, 0.2) is 12.1 Å². The van der Waals surface area contributed by atoms with Gasteiger partial charge in [-0.05, 0) is 68.5 Å². The minimum Gasteiger partial charge on any atom is -0.317 e. The van der Waals surface area contributed by atoms with Crippen molar-refractivity contribution in [3.05, 3.63) is 34.4 Å². The van der Waals surface area contributed by atoms with Gasteiger partial charge in [0.05, 0.1) is 11.6 Å². The third-order valence-corrected chi connectivity index (χ3v) is 3.51. The average molecular weight is 214 g/mol. The monoisotopic (exact) mass is 214 g/mol. The molecule has 0 aliphatic carbocycles. The predicted molar refractivity (Wildman–Crippen MR) is 65.5 cm³/mol. The maximum Gasteiger partial charge on any atom is 0.0994 e. The smallest absolute Gasteiger partial charge is 0.0994 e. The number of nitriles is 1. The quantitative estimate of drug-likeness (QED) is 0.780. The van der Waals surface area contributed by atoms with Crippen LogP contribution in [0.2, 0.25) is 0 Å². The van der Waals surface area contributed by atoms with Crippen LogP contribution < -0.4 is 5.32 Å². The highest BCUT2D eigenvalue weighted by Gasteiger charge is 2.17. The summed E-state index contributed by atoms with van der Waals surface area (Å²) in [6, 6.07) is 6.53. The molecule has 1 aromatic carbocycles. The molecule has 1 heterocycles. The number of hydrogen-bond acceptors (Lipinski definition) is 2. The molecule has 2 rings (SSSR count). The van der Waals surface area contributed by atoms with Crippen LogP contribution >= 0.6 is 0 Å². The molecule has 0 amide bonds. The Morgan fingerprint density at radius 3 is 2.50 bits per heavy atom. The topological polar surface area (TPSA) is 35.8 Å². The summed E-state index contributed by atoms with van der Waals surface area (Å²) in [5.41, 5.74) is 4.64. The summed E-state index contributed by atoms with van der Waals surface area (Å²) >= 11 is 0. The molecule has 84 valence electrons. The molecule has 0 bridgehead atoms. The van der Waals surface area contributed by atoms with Gasteiger partial charge in [-0.25, -0.2) is 0 Å². The zero-order valence-corrected chi connectivity index (χ0v) is 10.0. The molecule has 1 aliphatic rings. The summed E-state index contributed by atoms with van der Waals surface area (Å²) in [5, 5.41) is 12.4. The number of hydrogen-bond donors (Lipinski definition) is 1. The highest BCUT2D eigenvalue weighted by molar-refractivity contribution is 5.45. The molecule has 16 heavy (non-hydrogen) atoms. The molecule has 0 unspecified atom stereocenters. The van der Waals surface area contributed by atoms with Gasteiger partial charge in [-0.1, -0.05) is 6.07 Å². The maximum absolute atomic E-state index is 9.07. The largest absolute Gasteiger partial charge is 0.317 e. The first-order chi connectivity index (χ1) is 7.72. The van der Waals surface area contributed by atoms with Gasteiger partial charge in [-0.15, -0.1) is 0 Å². The van der Waals surface area contributed by atoms with Crippen molar-refractivity contribution in [2.24, 2.45) is 0 Å². The van der Waals surface area contributed by atoms with Gasteiger partial charge in [0, 0.05) is 0 Å². The lowest BCUT2D eigenvalue weighted by Gasteiger charge is -2.25. The van der Waals surface area contributed by atoms with E-state index in [1.807, 2.05) is 6.92 Å². The minimum atomic E-state index is 0.633. The number of nitrogens with zero attached hydrogens (tertiary/aromatic N) is 1. The van der Waals surface area contributed by atoms with Gasteiger partial charge in [0.25, 0.3) is 0 Å². The van der Waals surface area contributed by atoms with Crippen LogP contribution in [0.5, 0.6) is 0 Å². The van der Waals surface area contributed by atoms with Gasteiger partial charge in [-0.3, -0.25) is 0 Å². The summed E-state index contributed by atoms with van der Waals surface area (Å²) in [6.07, 6.45) is 2.38. The van der Waals surface area contributed by atoms with Crippen molar-refractivity contribution in [1.82, 2.24) is 5.32 Å². The molecule has 1 aromatic rings. The lowest BCUT2D eigenvalue weighted by molar-refractivity contribution is 0.459. The van der Waals surface area contributed by atoms with Gasteiger partial charge < -0.3 is 5.32 Å². The second-order valence-corrected chi connectivity index (χ2v) is 4.66. The Morgan fingerprint density at radius 2 is 1.88 bits per heavy atom. The van der Waals surface area contributed by atoms with E-state index in [9.17, 15) is 0 Å². The van der Waals surface area contributed by atoms with E-state index < -0.39 is 0 Å². The summed E-state index contributed by atoms with van der Waals surface area (Å²) in [5.74, 6) is 0.633. The van der Waals surface area contributed by atoms with Crippen LogP contribution in [0.4, 0.5) is 0 Å². The van der Waals surface area contributed by atoms with Crippen LogP contribution in [0.25, 0.3) is 0 Å². The first-order valence-corrected chi connectivity index (χ1v) is 5.94. The minimum absolute atomic E-state index is 0.633. The maximum atomic E-state index is 9.07. The van der Waals surface area contributed by atoms with Gasteiger partial charge in [0.1, 0.15) is 0 Å². The van der Waals surface area contributed by atoms with Crippen LogP contribution in [-0.4, -0.2) is 13.1 Å². The first-order valence-electron chi connectivity index (χ1n) is 5.94. The van der Waals surface area contributed by atoms with E-state index >= 15 is 0 Å². The first kappa shape index (κ1) is 11.2. The van der Waals surface area contributed by atoms with E-state index in [1.165, 1.54) is 24.0 Å². The second-order valence-electron chi connectivity index (χ2n) is 4.66. The Labute approximate surface area is 97.3 Å². The molecule has 1 aliphatic heterocycles. The molecule has 1 N–H and O–H groups in total. The van der Waals surface area contributed by atoms with Gasteiger partial charge in [0.2, 0.25) is 0 Å². The van der Waals surface area contributed by atoms with E-state index in [1.54, 1.807) is 0 Å². The third kappa shape index (κ3) is 2.10. The number of piperidine rings is 1. The van der Waals surface area contributed by atoms with Crippen LogP contribution in [0.3, 0.4) is 0 Å². The molecule has 0 radical (unpaired) electrons. The normalized spacial score (nSPS) is 17.1. The summed E-state index contributed by atoms with van der Waals surface area (Å²) in [6.45, 7) is 6.36. The van der Waals surface area contributed by atoms with Crippen molar-refractivity contribution in [1.29, 1.82) is 5.26 Å². The predicted octanol–water partition coefficient (Wildman–Crippen LogP) is 2.64. The summed E-state index contributed by atoms with van der Waals surface area (Å²) in [4.78, 5) is 0. The number of aryl methyl sites for hydroxylation is 2. The van der Waals surface area contributed by atoms with Gasteiger partial charge in [0.15, 0.2) is 0 Å². The van der Waals surface area contributed by atoms with E-state index in [0.717, 1.165) is 24.2 Å². The van der Waals surface area contributed by atoms with E-state index in [4.69, 9.17) is 5.26 Å². The number of benzene rings is 1. The van der Waals surface area contributed by atoms with Crippen molar-refractivity contribution in [2.75, 3.05) is 13.1 Å². The van der Waals surface area contributed by atoms with E-state index in [-0.39, 0.29) is 0 Å². The van der Waals surface area contributed by atoms with E-state index in [2.05, 4.69) is 30.4 Å². The standard InChI is InChI=1S/C14H18N2/c1-10-7-11(2)14(8-13(10)9-15)12-3-5-16-6-4-12/h7-8,12,16H,3-6H2,1-2H3. The zero-order chi connectivity index (χ0) is 11.5. The SMILES string of the molecule is Cc1cc(C)c(C2CCNCC2)cc1C#N. The fourth-order valence-electron chi connectivity index (χ4n) is 2.56. The Kier molecular flexibility index (Phi) is 3.26. The zero-order valence-electron chi connectivity index (χ0n) is 10.0. The Bertz CT molecular complexity index is 423. The van der Waals surface area contributed by atoms with Crippen LogP contribution in [0.1, 0.15) is 41.0 Å². The lowest BCUT2D eigenvalue weighted by atomic mass is 9.85. The highest BCUT2D eigenvalue weighted by atomic mass is 14.9. The Morgan fingerprint density at radius 1 is 1.19 bits per heavy atom. The highest BCUT2D eigenvalue weighted by Crippen LogP contribution is 2.29. The van der Waals surface area contributed by atoms with E-state index in [0.29, 0.717) is 5.92 Å². The molecular formula is C14H18N2. The second kappa shape index (κ2) is 4.67. The molecule has 0 aromatic heterocycles. The molecule has 2 nitrogen and oxygen atoms in total. The van der Waals surface area contributed by atoms with Gasteiger partial charge >= 0.3 is 0 Å². The van der Waals surface area contributed by atoms with Crippen molar-refractivity contribution in [2.45, 2.75) is 32.6 Å². The van der Waals surface area contributed by atoms with Crippen molar-refractivity contribution < 1.29 is 0 Å². The molecule has 0 atom stereocenters. The molecule has 1 fully saturated rings. The van der Waals surface area contributed by atoms with Crippen molar-refractivity contribution in [3.8, 4) is 6.07 Å². The number of nitrogens with one attached hydrogen (secondary N) is 1. The van der Waals surface area contributed by atoms with Crippen molar-refractivity contribution in [3.63, 3.8) is 0 Å². The third-order valence-electron chi connectivity index (χ3n) is 3.51. The molecule has 1 saturated heterocycles.